The maximum absolute atomic E-state index is 13.5. The Bertz CT molecular complexity index is 1650. The molecule has 5 rings (SSSR count). The van der Waals surface area contributed by atoms with E-state index in [2.05, 4.69) is 9.89 Å². The van der Waals surface area contributed by atoms with Crippen LogP contribution in [0.2, 0.25) is 10.0 Å². The quantitative estimate of drug-likeness (QED) is 0.191. The Kier molecular flexibility index (Phi) is 9.52. The number of amides is 1. The number of rotatable bonds is 6. The number of thioether (sulfide) groups is 1. The summed E-state index contributed by atoms with van der Waals surface area (Å²) in [4.78, 5) is 21.4. The third kappa shape index (κ3) is 7.82. The molecule has 1 amide bonds. The molecule has 0 radical (unpaired) electrons. The molecular formula is C30H23Cl2F6N3O3S. The number of anilines is 1. The van der Waals surface area contributed by atoms with Crippen LogP contribution in [0.15, 0.2) is 64.5 Å². The number of carbonyl (C=O) groups is 1. The molecule has 0 saturated carbocycles. The second-order valence-corrected chi connectivity index (χ2v) is 11.9. The average Bonchev–Trinajstić information content (AvgIpc) is 3.34. The van der Waals surface area contributed by atoms with Gasteiger partial charge in [0.2, 0.25) is 0 Å². The Morgan fingerprint density at radius 1 is 0.867 bits per heavy atom. The van der Waals surface area contributed by atoms with E-state index in [0.29, 0.717) is 57.9 Å². The van der Waals surface area contributed by atoms with Crippen molar-refractivity contribution >= 4 is 57.8 Å². The van der Waals surface area contributed by atoms with Crippen molar-refractivity contribution in [2.75, 3.05) is 38.2 Å². The zero-order valence-electron chi connectivity index (χ0n) is 23.3. The molecule has 1 fully saturated rings. The number of amidine groups is 1. The molecule has 6 nitrogen and oxygen atoms in total. The Labute approximate surface area is 268 Å². The molecule has 0 spiro atoms. The summed E-state index contributed by atoms with van der Waals surface area (Å²) in [7, 11) is 1.33. The van der Waals surface area contributed by atoms with Gasteiger partial charge in [0.1, 0.15) is 6.61 Å². The summed E-state index contributed by atoms with van der Waals surface area (Å²) in [6.45, 7) is 1.90. The topological polar surface area (TPSA) is 54.4 Å². The van der Waals surface area contributed by atoms with E-state index in [-0.39, 0.29) is 17.6 Å². The molecular weight excluding hydrogens is 667 g/mol. The van der Waals surface area contributed by atoms with Crippen LogP contribution in [0.1, 0.15) is 22.3 Å². The van der Waals surface area contributed by atoms with Crippen molar-refractivity contribution in [2.45, 2.75) is 19.0 Å². The van der Waals surface area contributed by atoms with E-state index in [1.165, 1.54) is 31.0 Å². The number of benzene rings is 3. The van der Waals surface area contributed by atoms with Crippen molar-refractivity contribution in [3.63, 3.8) is 0 Å². The molecule has 3 aromatic carbocycles. The number of hydrogen-bond acceptors (Lipinski definition) is 6. The smallest absolute Gasteiger partial charge is 0.416 e. The predicted octanol–water partition coefficient (Wildman–Crippen LogP) is 8.41. The molecule has 0 N–H and O–H groups in total. The van der Waals surface area contributed by atoms with E-state index in [1.807, 2.05) is 17.0 Å². The van der Waals surface area contributed by atoms with Crippen LogP contribution in [0.5, 0.6) is 11.5 Å². The van der Waals surface area contributed by atoms with E-state index >= 15 is 0 Å². The maximum Gasteiger partial charge on any atom is 0.416 e. The number of nitrogens with zero attached hydrogens (tertiary/aromatic N) is 3. The van der Waals surface area contributed by atoms with Crippen molar-refractivity contribution in [3.05, 3.63) is 91.8 Å². The van der Waals surface area contributed by atoms with Gasteiger partial charge in [0.15, 0.2) is 16.7 Å². The van der Waals surface area contributed by atoms with Crippen LogP contribution in [0.25, 0.3) is 6.08 Å². The van der Waals surface area contributed by atoms with E-state index in [1.54, 1.807) is 18.2 Å². The highest BCUT2D eigenvalue weighted by Gasteiger charge is 2.38. The molecule has 2 aliphatic rings. The molecule has 0 aromatic heterocycles. The first-order chi connectivity index (χ1) is 21.2. The van der Waals surface area contributed by atoms with Crippen molar-refractivity contribution < 1.29 is 40.6 Å². The predicted molar refractivity (Wildman–Crippen MR) is 162 cm³/mol. The molecule has 0 aliphatic carbocycles. The summed E-state index contributed by atoms with van der Waals surface area (Å²) in [5.41, 5.74) is -1.88. The first-order valence-electron chi connectivity index (χ1n) is 13.3. The van der Waals surface area contributed by atoms with Crippen molar-refractivity contribution in [1.29, 1.82) is 0 Å². The lowest BCUT2D eigenvalue weighted by Gasteiger charge is -2.36. The highest BCUT2D eigenvalue weighted by atomic mass is 35.5. The highest BCUT2D eigenvalue weighted by Crippen LogP contribution is 2.39. The van der Waals surface area contributed by atoms with Crippen LogP contribution in [-0.2, 0) is 23.8 Å². The van der Waals surface area contributed by atoms with Crippen LogP contribution < -0.4 is 14.4 Å². The Balaban J connectivity index is 1.24. The van der Waals surface area contributed by atoms with Gasteiger partial charge in [-0.2, -0.15) is 31.3 Å². The molecule has 45 heavy (non-hydrogen) atoms. The van der Waals surface area contributed by atoms with Crippen molar-refractivity contribution in [1.82, 2.24) is 4.90 Å². The van der Waals surface area contributed by atoms with Gasteiger partial charge in [-0.15, -0.1) is 0 Å². The monoisotopic (exact) mass is 689 g/mol. The minimum Gasteiger partial charge on any atom is -0.493 e. The van der Waals surface area contributed by atoms with E-state index < -0.39 is 41.6 Å². The number of methoxy groups -OCH3 is 1. The second kappa shape index (κ2) is 13.1. The molecule has 3 aromatic rings. The number of piperazine rings is 1. The molecule has 2 aliphatic heterocycles. The summed E-state index contributed by atoms with van der Waals surface area (Å²) in [6, 6.07) is 11.3. The third-order valence-corrected chi connectivity index (χ3v) is 8.46. The maximum atomic E-state index is 13.5. The van der Waals surface area contributed by atoms with E-state index in [4.69, 9.17) is 32.7 Å². The van der Waals surface area contributed by atoms with Gasteiger partial charge < -0.3 is 19.3 Å². The van der Waals surface area contributed by atoms with Gasteiger partial charge in [0.25, 0.3) is 5.91 Å². The summed E-state index contributed by atoms with van der Waals surface area (Å²) in [5, 5.41) is 1.66. The molecule has 0 unspecified atom stereocenters. The summed E-state index contributed by atoms with van der Waals surface area (Å²) in [5.74, 6) is -0.201. The standard InChI is InChI=1S/C30H23Cl2F6N3O3S/c1-43-25-10-17(2-5-24(25)44-16-18-3-4-19(29(33,34)35)12-23(18)30(36,37)38)11-26-27(42)39-28(45-26)41-8-6-40(7-9-41)22-14-20(31)13-21(32)15-22/h2-5,10-15H,6-9,16H2,1H3. The minimum absolute atomic E-state index is 0.0625. The number of alkyl halides is 6. The van der Waals surface area contributed by atoms with Gasteiger partial charge in [-0.05, 0) is 65.9 Å². The van der Waals surface area contributed by atoms with Gasteiger partial charge in [-0.25, -0.2) is 0 Å². The van der Waals surface area contributed by atoms with Crippen LogP contribution in [-0.4, -0.2) is 49.3 Å². The highest BCUT2D eigenvalue weighted by molar-refractivity contribution is 8.18. The zero-order chi connectivity index (χ0) is 32.5. The average molecular weight is 690 g/mol. The van der Waals surface area contributed by atoms with Crippen LogP contribution in [0.4, 0.5) is 32.0 Å². The lowest BCUT2D eigenvalue weighted by Crippen LogP contribution is -2.47. The lowest BCUT2D eigenvalue weighted by molar-refractivity contribution is -0.143. The van der Waals surface area contributed by atoms with Gasteiger partial charge in [0, 0.05) is 47.5 Å². The second-order valence-electron chi connectivity index (χ2n) is 9.98. The molecule has 0 atom stereocenters. The molecule has 0 bridgehead atoms. The number of hydrogen-bond donors (Lipinski definition) is 0. The van der Waals surface area contributed by atoms with E-state index in [0.717, 1.165) is 11.8 Å². The zero-order valence-corrected chi connectivity index (χ0v) is 25.6. The number of aliphatic imine (C=N–C) groups is 1. The first-order valence-corrected chi connectivity index (χ1v) is 14.9. The lowest BCUT2D eigenvalue weighted by atomic mass is 10.0. The van der Waals surface area contributed by atoms with Crippen LogP contribution in [0, 0.1) is 0 Å². The number of halogens is 8. The molecule has 15 heteroatoms. The summed E-state index contributed by atoms with van der Waals surface area (Å²) >= 11 is 13.5. The SMILES string of the molecule is COc1cc(C=C2SC(N3CCN(c4cc(Cl)cc(Cl)c4)CC3)=NC2=O)ccc1OCc1ccc(C(F)(F)F)cc1C(F)(F)F. The fourth-order valence-corrected chi connectivity index (χ4v) is 6.23. The van der Waals surface area contributed by atoms with Gasteiger partial charge in [0.05, 0.1) is 23.1 Å². The largest absolute Gasteiger partial charge is 0.493 e. The Morgan fingerprint density at radius 2 is 1.53 bits per heavy atom. The third-order valence-electron chi connectivity index (χ3n) is 6.98. The molecule has 2 heterocycles. The Morgan fingerprint density at radius 3 is 2.16 bits per heavy atom. The number of ether oxygens (including phenoxy) is 2. The van der Waals surface area contributed by atoms with E-state index in [9.17, 15) is 31.1 Å². The van der Waals surface area contributed by atoms with Crippen LogP contribution in [0.3, 0.4) is 0 Å². The summed E-state index contributed by atoms with van der Waals surface area (Å²) in [6.07, 6.45) is -8.35. The minimum atomic E-state index is -5.02. The van der Waals surface area contributed by atoms with Crippen molar-refractivity contribution in [2.24, 2.45) is 4.99 Å². The fraction of sp³-hybridized carbons (Fsp3) is 0.267. The van der Waals surface area contributed by atoms with Gasteiger partial charge in [-0.1, -0.05) is 35.3 Å². The normalized spacial score (nSPS) is 16.8. The Hall–Kier alpha value is -3.55. The van der Waals surface area contributed by atoms with Gasteiger partial charge in [-0.3, -0.25) is 4.79 Å². The van der Waals surface area contributed by atoms with Crippen molar-refractivity contribution in [3.8, 4) is 11.5 Å². The number of carbonyl (C=O) groups excluding carboxylic acids is 1. The summed E-state index contributed by atoms with van der Waals surface area (Å²) < 4.78 is 90.4. The van der Waals surface area contributed by atoms with Gasteiger partial charge >= 0.3 is 12.4 Å². The fourth-order valence-electron chi connectivity index (χ4n) is 4.75. The first kappa shape index (κ1) is 32.8. The van der Waals surface area contributed by atoms with Crippen LogP contribution >= 0.6 is 35.0 Å². The molecule has 1 saturated heterocycles. The molecule has 238 valence electrons.